The number of carbonyl (C=O) groups excluding carboxylic acids is 2. The lowest BCUT2D eigenvalue weighted by molar-refractivity contribution is -0.138. The molecule has 0 aromatic rings. The van der Waals surface area contributed by atoms with E-state index in [-0.39, 0.29) is 13.2 Å². The van der Waals surface area contributed by atoms with Crippen molar-refractivity contribution < 1.29 is 19.1 Å². The number of amides is 1. The average molecular weight is 319 g/mol. The van der Waals surface area contributed by atoms with Crippen LogP contribution < -0.4 is 5.32 Å². The van der Waals surface area contributed by atoms with Gasteiger partial charge in [0.15, 0.2) is 0 Å². The van der Waals surface area contributed by atoms with Crippen molar-refractivity contribution in [3.8, 4) is 0 Å². The summed E-state index contributed by atoms with van der Waals surface area (Å²) >= 11 is 0. The van der Waals surface area contributed by atoms with Crippen LogP contribution in [0.3, 0.4) is 0 Å². The maximum atomic E-state index is 11.7. The monoisotopic (exact) mass is 319 g/mol. The molecule has 0 heterocycles. The number of alkyl carbamates (subject to hydrolysis) is 1. The summed E-state index contributed by atoms with van der Waals surface area (Å²) in [4.78, 5) is 22.9. The molecule has 0 aliphatic heterocycles. The van der Waals surface area contributed by atoms with Crippen molar-refractivity contribution in [2.45, 2.75) is 26.2 Å². The van der Waals surface area contributed by atoms with Gasteiger partial charge in [-0.05, 0) is 55.8 Å². The van der Waals surface area contributed by atoms with Crippen LogP contribution >= 0.6 is 0 Å². The Balaban J connectivity index is 1.31. The van der Waals surface area contributed by atoms with Crippen molar-refractivity contribution in [2.75, 3.05) is 19.8 Å². The highest BCUT2D eigenvalue weighted by molar-refractivity contribution is 5.86. The summed E-state index contributed by atoms with van der Waals surface area (Å²) in [6.45, 7) is 5.96. The van der Waals surface area contributed by atoms with E-state index in [1.807, 2.05) is 0 Å². The second-order valence-corrected chi connectivity index (χ2v) is 7.00. The van der Waals surface area contributed by atoms with Gasteiger partial charge < -0.3 is 14.8 Å². The van der Waals surface area contributed by atoms with E-state index in [0.29, 0.717) is 24.0 Å². The van der Waals surface area contributed by atoms with E-state index in [0.717, 1.165) is 17.8 Å². The first-order valence-electron chi connectivity index (χ1n) is 8.46. The Labute approximate surface area is 137 Å². The maximum Gasteiger partial charge on any atom is 0.407 e. The Morgan fingerprint density at radius 1 is 1.26 bits per heavy atom. The third-order valence-electron chi connectivity index (χ3n) is 5.52. The molecule has 1 amide bonds. The van der Waals surface area contributed by atoms with Crippen molar-refractivity contribution in [3.05, 3.63) is 24.3 Å². The van der Waals surface area contributed by atoms with Crippen molar-refractivity contribution in [1.29, 1.82) is 0 Å². The van der Waals surface area contributed by atoms with Gasteiger partial charge in [0.05, 0.1) is 13.2 Å². The number of allylic oxidation sites excluding steroid dienone is 2. The summed E-state index contributed by atoms with van der Waals surface area (Å²) in [5.74, 6) is 3.14. The predicted octanol–water partition coefficient (Wildman–Crippen LogP) is 2.68. The van der Waals surface area contributed by atoms with Crippen LogP contribution in [-0.2, 0) is 14.3 Å². The number of carbonyl (C=O) groups is 2. The van der Waals surface area contributed by atoms with E-state index in [1.54, 1.807) is 6.92 Å². The molecule has 23 heavy (non-hydrogen) atoms. The van der Waals surface area contributed by atoms with E-state index < -0.39 is 12.1 Å². The van der Waals surface area contributed by atoms with E-state index in [2.05, 4.69) is 24.0 Å². The predicted molar refractivity (Wildman–Crippen MR) is 85.6 cm³/mol. The average Bonchev–Trinajstić information content (AvgIpc) is 3.20. The third-order valence-corrected chi connectivity index (χ3v) is 5.52. The Bertz CT molecular complexity index is 527. The van der Waals surface area contributed by atoms with Gasteiger partial charge in [0, 0.05) is 5.57 Å². The van der Waals surface area contributed by atoms with Gasteiger partial charge in [0.2, 0.25) is 0 Å². The van der Waals surface area contributed by atoms with E-state index in [1.165, 1.54) is 19.3 Å². The molecule has 2 saturated carbocycles. The van der Waals surface area contributed by atoms with Crippen LogP contribution in [0.4, 0.5) is 4.79 Å². The van der Waals surface area contributed by atoms with Crippen molar-refractivity contribution >= 4 is 12.1 Å². The highest BCUT2D eigenvalue weighted by Crippen LogP contribution is 2.58. The lowest BCUT2D eigenvalue weighted by atomic mass is 9.76. The molecule has 0 aromatic carbocycles. The maximum absolute atomic E-state index is 11.7. The van der Waals surface area contributed by atoms with Gasteiger partial charge in [-0.15, -0.1) is 0 Å². The standard InChI is InChI=1S/C18H25NO4/c1-11(2)17(20)22-7-6-19-18(21)23-10-13-8-12-9-16(13)15-5-3-4-14(12)15/h3-4,12-16H,1,5-10H2,2H3,(H,19,21). The molecule has 5 heteroatoms. The summed E-state index contributed by atoms with van der Waals surface area (Å²) in [5.41, 5.74) is 0.351. The van der Waals surface area contributed by atoms with Gasteiger partial charge in [0.1, 0.15) is 6.61 Å². The van der Waals surface area contributed by atoms with Crippen molar-refractivity contribution in [1.82, 2.24) is 5.32 Å². The molecule has 5 nitrogen and oxygen atoms in total. The molecule has 3 aliphatic carbocycles. The van der Waals surface area contributed by atoms with E-state index in [4.69, 9.17) is 9.47 Å². The van der Waals surface area contributed by atoms with Gasteiger partial charge in [-0.1, -0.05) is 18.7 Å². The van der Waals surface area contributed by atoms with Gasteiger partial charge in [0.25, 0.3) is 0 Å². The molecular weight excluding hydrogens is 294 g/mol. The summed E-state index contributed by atoms with van der Waals surface area (Å²) < 4.78 is 10.3. The zero-order valence-electron chi connectivity index (χ0n) is 13.6. The molecule has 0 spiro atoms. The van der Waals surface area contributed by atoms with Crippen LogP contribution in [0.1, 0.15) is 26.2 Å². The Morgan fingerprint density at radius 2 is 2.09 bits per heavy atom. The quantitative estimate of drug-likeness (QED) is 0.354. The highest BCUT2D eigenvalue weighted by atomic mass is 16.6. The number of hydrogen-bond acceptors (Lipinski definition) is 4. The molecule has 126 valence electrons. The minimum absolute atomic E-state index is 0.129. The van der Waals surface area contributed by atoms with E-state index >= 15 is 0 Å². The van der Waals surface area contributed by atoms with Crippen LogP contribution in [0.15, 0.2) is 24.3 Å². The number of hydrogen-bond donors (Lipinski definition) is 1. The Kier molecular flexibility index (Phi) is 4.74. The minimum Gasteiger partial charge on any atom is -0.460 e. The molecule has 5 unspecified atom stereocenters. The molecule has 2 fully saturated rings. The molecule has 0 radical (unpaired) electrons. The lowest BCUT2D eigenvalue weighted by Gasteiger charge is -2.31. The van der Waals surface area contributed by atoms with Gasteiger partial charge in [-0.3, -0.25) is 0 Å². The zero-order valence-corrected chi connectivity index (χ0v) is 13.6. The number of nitrogens with one attached hydrogen (secondary N) is 1. The number of esters is 1. The second-order valence-electron chi connectivity index (χ2n) is 7.00. The fourth-order valence-corrected chi connectivity index (χ4v) is 4.55. The fourth-order valence-electron chi connectivity index (χ4n) is 4.55. The van der Waals surface area contributed by atoms with Gasteiger partial charge >= 0.3 is 12.1 Å². The van der Waals surface area contributed by atoms with Crippen LogP contribution in [0, 0.1) is 29.6 Å². The van der Waals surface area contributed by atoms with E-state index in [9.17, 15) is 9.59 Å². The Morgan fingerprint density at radius 3 is 2.87 bits per heavy atom. The molecule has 5 atom stereocenters. The number of rotatable bonds is 6. The summed E-state index contributed by atoms with van der Waals surface area (Å²) in [7, 11) is 0. The van der Waals surface area contributed by atoms with Crippen molar-refractivity contribution in [2.24, 2.45) is 29.6 Å². The largest absolute Gasteiger partial charge is 0.460 e. The molecule has 0 aromatic heterocycles. The minimum atomic E-state index is -0.443. The molecule has 2 bridgehead atoms. The normalized spacial score (nSPS) is 33.3. The van der Waals surface area contributed by atoms with Gasteiger partial charge in [-0.2, -0.15) is 0 Å². The third kappa shape index (κ3) is 3.43. The molecular formula is C18H25NO4. The topological polar surface area (TPSA) is 64.6 Å². The number of ether oxygens (including phenoxy) is 2. The fraction of sp³-hybridized carbons (Fsp3) is 0.667. The van der Waals surface area contributed by atoms with Crippen molar-refractivity contribution in [3.63, 3.8) is 0 Å². The second kappa shape index (κ2) is 6.77. The highest BCUT2D eigenvalue weighted by Gasteiger charge is 2.52. The van der Waals surface area contributed by atoms with Crippen LogP contribution in [0.2, 0.25) is 0 Å². The summed E-state index contributed by atoms with van der Waals surface area (Å²) in [5, 5.41) is 2.61. The Hall–Kier alpha value is -1.78. The summed E-state index contributed by atoms with van der Waals surface area (Å²) in [6.07, 6.45) is 7.96. The first-order chi connectivity index (χ1) is 11.1. The smallest absolute Gasteiger partial charge is 0.407 e. The van der Waals surface area contributed by atoms with Crippen LogP contribution in [0.25, 0.3) is 0 Å². The molecule has 1 N–H and O–H groups in total. The molecule has 3 rings (SSSR count). The molecule has 0 saturated heterocycles. The first kappa shape index (κ1) is 16.1. The lowest BCUT2D eigenvalue weighted by Crippen LogP contribution is -2.33. The molecule has 3 aliphatic rings. The number of fused-ring (bicyclic) bond motifs is 5. The van der Waals surface area contributed by atoms with Crippen LogP contribution in [-0.4, -0.2) is 31.8 Å². The zero-order chi connectivity index (χ0) is 16.4. The van der Waals surface area contributed by atoms with Crippen LogP contribution in [0.5, 0.6) is 0 Å². The SMILES string of the molecule is C=C(C)C(=O)OCCNC(=O)OCC1CC2CC1C1CC=CC21. The summed E-state index contributed by atoms with van der Waals surface area (Å²) in [6, 6.07) is 0. The first-order valence-corrected chi connectivity index (χ1v) is 8.46. The van der Waals surface area contributed by atoms with Gasteiger partial charge in [-0.25, -0.2) is 9.59 Å².